The van der Waals surface area contributed by atoms with E-state index in [1.165, 1.54) is 40.2 Å². The molecule has 164 valence electrons. The first-order chi connectivity index (χ1) is 14.7. The lowest BCUT2D eigenvalue weighted by molar-refractivity contribution is -0.120. The first-order valence-corrected chi connectivity index (χ1v) is 12.2. The van der Waals surface area contributed by atoms with Crippen LogP contribution in [-0.2, 0) is 21.7 Å². The van der Waals surface area contributed by atoms with Gasteiger partial charge in [-0.3, -0.25) is 4.79 Å². The van der Waals surface area contributed by atoms with Gasteiger partial charge < -0.3 is 5.32 Å². The molecule has 1 aliphatic rings. The zero-order chi connectivity index (χ0) is 22.3. The number of anilines is 1. The van der Waals surface area contributed by atoms with Gasteiger partial charge in [0.05, 0.1) is 21.0 Å². The third-order valence-corrected chi connectivity index (χ3v) is 8.29. The molecule has 2 N–H and O–H groups in total. The predicted octanol–water partition coefficient (Wildman–Crippen LogP) is 2.86. The van der Waals surface area contributed by atoms with Crippen molar-refractivity contribution >= 4 is 50.3 Å². The number of aromatic nitrogens is 3. The maximum atomic E-state index is 13.4. The number of hydrogen-bond acceptors (Lipinski definition) is 5. The van der Waals surface area contributed by atoms with Gasteiger partial charge >= 0.3 is 0 Å². The number of carbonyl (C=O) groups excluding carboxylic acids is 1. The van der Waals surface area contributed by atoms with E-state index in [0.717, 1.165) is 10.4 Å². The van der Waals surface area contributed by atoms with Crippen molar-refractivity contribution in [3.8, 4) is 11.4 Å². The molecule has 3 heterocycles. The molecule has 0 saturated carbocycles. The van der Waals surface area contributed by atoms with Gasteiger partial charge in [0.25, 0.3) is 0 Å². The lowest BCUT2D eigenvalue weighted by Gasteiger charge is -2.39. The van der Waals surface area contributed by atoms with Crippen LogP contribution in [0.25, 0.3) is 11.4 Å². The Bertz CT molecular complexity index is 1240. The minimum absolute atomic E-state index is 0.0924. The Hall–Kier alpha value is -2.31. The predicted molar refractivity (Wildman–Crippen MR) is 122 cm³/mol. The van der Waals surface area contributed by atoms with Crippen molar-refractivity contribution in [1.82, 2.24) is 23.8 Å². The van der Waals surface area contributed by atoms with E-state index >= 15 is 0 Å². The Morgan fingerprint density at radius 3 is 2.87 bits per heavy atom. The van der Waals surface area contributed by atoms with E-state index in [4.69, 9.17) is 11.6 Å². The number of hydrogen-bond donors (Lipinski definition) is 2. The fourth-order valence-corrected chi connectivity index (χ4v) is 6.02. The Labute approximate surface area is 188 Å². The molecule has 4 rings (SSSR count). The van der Waals surface area contributed by atoms with Crippen LogP contribution < -0.4 is 10.0 Å². The molecule has 3 atom stereocenters. The van der Waals surface area contributed by atoms with Gasteiger partial charge in [-0.25, -0.2) is 27.3 Å². The second-order valence-corrected chi connectivity index (χ2v) is 10.6. The van der Waals surface area contributed by atoms with Crippen molar-refractivity contribution in [2.75, 3.05) is 12.4 Å². The number of nitrogens with zero attached hydrogens (tertiary/aromatic N) is 4. The largest absolute Gasteiger partial charge is 0.325 e. The summed E-state index contributed by atoms with van der Waals surface area (Å²) in [6.07, 6.45) is 1.84. The molecule has 0 spiro atoms. The van der Waals surface area contributed by atoms with Gasteiger partial charge in [-0.05, 0) is 36.6 Å². The fourth-order valence-electron chi connectivity index (χ4n) is 3.39. The third-order valence-electron chi connectivity index (χ3n) is 5.11. The Morgan fingerprint density at radius 2 is 2.19 bits per heavy atom. The molecule has 8 nitrogen and oxygen atoms in total. The zero-order valence-electron chi connectivity index (χ0n) is 16.7. The van der Waals surface area contributed by atoms with Crippen molar-refractivity contribution < 1.29 is 13.4 Å². The van der Waals surface area contributed by atoms with Crippen LogP contribution in [0.1, 0.15) is 17.3 Å². The molecule has 0 radical (unpaired) electrons. The van der Waals surface area contributed by atoms with Crippen LogP contribution in [0.4, 0.5) is 10.1 Å². The number of carbonyl (C=O) groups is 1. The second-order valence-electron chi connectivity index (χ2n) is 7.17. The van der Waals surface area contributed by atoms with Crippen LogP contribution in [0.2, 0.25) is 5.02 Å². The first-order valence-electron chi connectivity index (χ1n) is 9.22. The highest BCUT2D eigenvalue weighted by molar-refractivity contribution is 7.96. The number of likely N-dealkylation sites (N-methyl/N-ethyl adjacent to an activating group) is 1. The summed E-state index contributed by atoms with van der Waals surface area (Å²) in [5.74, 6) is 3.56. The van der Waals surface area contributed by atoms with Crippen LogP contribution in [-0.4, -0.2) is 48.1 Å². The number of benzene rings is 1. The summed E-state index contributed by atoms with van der Waals surface area (Å²) >= 11 is 7.28. The fraction of sp³-hybridized carbons (Fsp3) is 0.263. The molecule has 1 saturated heterocycles. The van der Waals surface area contributed by atoms with Crippen molar-refractivity contribution in [2.45, 2.75) is 18.5 Å². The highest BCUT2D eigenvalue weighted by Crippen LogP contribution is 2.34. The molecule has 1 aromatic carbocycles. The molecule has 2 aromatic heterocycles. The molecule has 12 heteroatoms. The van der Waals surface area contributed by atoms with Crippen molar-refractivity contribution in [3.05, 3.63) is 51.7 Å². The van der Waals surface area contributed by atoms with Gasteiger partial charge in [-0.15, -0.1) is 11.3 Å². The van der Waals surface area contributed by atoms with Crippen molar-refractivity contribution in [2.24, 2.45) is 7.05 Å². The summed E-state index contributed by atoms with van der Waals surface area (Å²) in [6, 6.07) is 4.81. The molecule has 1 unspecified atom stereocenters. The van der Waals surface area contributed by atoms with Crippen LogP contribution in [0, 0.1) is 5.82 Å². The Balaban J connectivity index is 1.58. The van der Waals surface area contributed by atoms with Gasteiger partial charge in [0.1, 0.15) is 18.2 Å². The highest BCUT2D eigenvalue weighted by Gasteiger charge is 2.38. The molecule has 3 aromatic rings. The average molecular weight is 483 g/mol. The summed E-state index contributed by atoms with van der Waals surface area (Å²) in [6.45, 7) is 0. The molecule has 0 bridgehead atoms. The highest BCUT2D eigenvalue weighted by atomic mass is 35.5. The maximum absolute atomic E-state index is 13.4. The summed E-state index contributed by atoms with van der Waals surface area (Å²) in [5.41, 5.74) is 1.24. The number of halogens is 2. The molecule has 31 heavy (non-hydrogen) atoms. The Morgan fingerprint density at radius 1 is 1.42 bits per heavy atom. The molecular weight excluding hydrogens is 463 g/mol. The first kappa shape index (κ1) is 21.9. The zero-order valence-corrected chi connectivity index (χ0v) is 19.1. The minimum atomic E-state index is -2.90. The quantitative estimate of drug-likeness (QED) is 0.559. The summed E-state index contributed by atoms with van der Waals surface area (Å²) in [7, 11) is 0.484. The van der Waals surface area contributed by atoms with Crippen LogP contribution >= 0.6 is 22.9 Å². The van der Waals surface area contributed by atoms with Crippen LogP contribution in [0.15, 0.2) is 36.0 Å². The molecule has 0 aliphatic carbocycles. The third kappa shape index (κ3) is 4.37. The molecule has 1 aliphatic heterocycles. The van der Waals surface area contributed by atoms with Gasteiger partial charge in [-0.1, -0.05) is 11.6 Å². The normalized spacial score (nSPS) is 24.3. The summed E-state index contributed by atoms with van der Waals surface area (Å²) in [4.78, 5) is 18.1. The van der Waals surface area contributed by atoms with Crippen LogP contribution in [0.5, 0.6) is 0 Å². The number of aryl methyl sites for hydroxylation is 1. The Kier molecular flexibility index (Phi) is 5.88. The number of nitrogens with one attached hydrogen (secondary N) is 2. The van der Waals surface area contributed by atoms with Gasteiger partial charge in [0.2, 0.25) is 5.91 Å². The van der Waals surface area contributed by atoms with E-state index in [1.807, 2.05) is 11.4 Å². The van der Waals surface area contributed by atoms with Gasteiger partial charge in [0.15, 0.2) is 5.82 Å². The van der Waals surface area contributed by atoms with Crippen molar-refractivity contribution in [1.29, 1.82) is 0 Å². The minimum Gasteiger partial charge on any atom is -0.325 e. The number of rotatable bonds is 4. The SMILES string of the molecule is C=S1(=O)N[C@@H](c2cc(-c3ncnn3C)cs2)C[C@@H](C(=O)Nc2ccc(F)c(Cl)c2)N1C. The van der Waals surface area contributed by atoms with E-state index in [2.05, 4.69) is 26.0 Å². The van der Waals surface area contributed by atoms with E-state index in [0.29, 0.717) is 17.9 Å². The van der Waals surface area contributed by atoms with Crippen molar-refractivity contribution in [3.63, 3.8) is 0 Å². The lowest BCUT2D eigenvalue weighted by atomic mass is 10.0. The number of thiophene rings is 1. The van der Waals surface area contributed by atoms with Gasteiger partial charge in [-0.2, -0.15) is 5.10 Å². The van der Waals surface area contributed by atoms with E-state index in [9.17, 15) is 13.4 Å². The van der Waals surface area contributed by atoms with E-state index in [1.54, 1.807) is 18.8 Å². The molecule has 1 fully saturated rings. The average Bonchev–Trinajstić information content (AvgIpc) is 3.35. The monoisotopic (exact) mass is 482 g/mol. The van der Waals surface area contributed by atoms with Gasteiger partial charge in [0, 0.05) is 35.6 Å². The standard InChI is InChI=1S/C19H20ClFN6O2S2/c1-26-18(22-10-23-26)11-6-17(30-9-11)15-8-16(27(2)31(3,29)25-15)19(28)24-12-4-5-14(21)13(20)7-12/h4-7,9-10,15-16H,3,8H2,1-2H3,(H,24,28)(H,25,29)/t15-,16+,31?/m1/s1. The molecular formula is C19H20ClFN6O2S2. The lowest BCUT2D eigenvalue weighted by Crippen LogP contribution is -2.55. The summed E-state index contributed by atoms with van der Waals surface area (Å²) < 4.78 is 32.7. The van der Waals surface area contributed by atoms with Crippen LogP contribution in [0.3, 0.4) is 0 Å². The van der Waals surface area contributed by atoms with E-state index in [-0.39, 0.29) is 17.0 Å². The second kappa shape index (κ2) is 8.32. The number of amides is 1. The smallest absolute Gasteiger partial charge is 0.242 e. The topological polar surface area (TPSA) is 92.1 Å². The molecule has 1 amide bonds. The van der Waals surface area contributed by atoms with E-state index < -0.39 is 21.8 Å². The summed E-state index contributed by atoms with van der Waals surface area (Å²) in [5, 5.41) is 8.66. The maximum Gasteiger partial charge on any atom is 0.242 e.